The van der Waals surface area contributed by atoms with E-state index < -0.39 is 9.84 Å². The van der Waals surface area contributed by atoms with E-state index in [9.17, 15) is 13.2 Å². The summed E-state index contributed by atoms with van der Waals surface area (Å²) in [6.07, 6.45) is 10.4. The highest BCUT2D eigenvalue weighted by molar-refractivity contribution is 7.99. The fraction of sp³-hybridized carbons (Fsp3) is 0.750. The van der Waals surface area contributed by atoms with Gasteiger partial charge in [0.05, 0.1) is 17.3 Å². The predicted molar refractivity (Wildman–Crippen MR) is 114 cm³/mol. The molecule has 1 unspecified atom stereocenters. The minimum Gasteiger partial charge on any atom is -0.335 e. The largest absolute Gasteiger partial charge is 0.335 e. The Labute approximate surface area is 177 Å². The number of carbonyl (C=O) groups excluding carboxylic acids is 1. The molecule has 7 nitrogen and oxygen atoms in total. The molecule has 2 saturated carbocycles. The van der Waals surface area contributed by atoms with Crippen LogP contribution in [0.5, 0.6) is 0 Å². The Hall–Kier alpha value is -1.35. The quantitative estimate of drug-likeness (QED) is 0.458. The van der Waals surface area contributed by atoms with Crippen molar-refractivity contribution in [1.29, 1.82) is 0 Å². The number of nitrogens with zero attached hydrogens (tertiary/aromatic N) is 4. The first-order valence-corrected chi connectivity index (χ1v) is 13.5. The SMILES string of the molecule is C=CCn1c(SCC(=O)N(C2CC2)C2CCS(=O)(=O)C2)nnc1C1CCCCC1. The molecular formula is C20H30N4O3S2. The van der Waals surface area contributed by atoms with Gasteiger partial charge in [0.15, 0.2) is 15.0 Å². The molecule has 1 aromatic heterocycles. The van der Waals surface area contributed by atoms with Crippen LogP contribution in [-0.4, -0.2) is 63.3 Å². The van der Waals surface area contributed by atoms with Gasteiger partial charge in [-0.1, -0.05) is 37.1 Å². The number of hydrogen-bond donors (Lipinski definition) is 0. The van der Waals surface area contributed by atoms with E-state index in [0.717, 1.165) is 36.7 Å². The lowest BCUT2D eigenvalue weighted by Gasteiger charge is -2.28. The molecule has 4 rings (SSSR count). The molecule has 1 atom stereocenters. The number of rotatable bonds is 8. The summed E-state index contributed by atoms with van der Waals surface area (Å²) in [6, 6.07) is 0.0506. The summed E-state index contributed by atoms with van der Waals surface area (Å²) in [5.74, 6) is 2.05. The molecule has 3 fully saturated rings. The molecule has 0 N–H and O–H groups in total. The van der Waals surface area contributed by atoms with Crippen molar-refractivity contribution in [2.45, 2.75) is 81.1 Å². The van der Waals surface area contributed by atoms with Gasteiger partial charge in [0.25, 0.3) is 0 Å². The van der Waals surface area contributed by atoms with Crippen LogP contribution in [0.4, 0.5) is 0 Å². The van der Waals surface area contributed by atoms with Gasteiger partial charge in [-0.05, 0) is 32.1 Å². The topological polar surface area (TPSA) is 85.2 Å². The summed E-state index contributed by atoms with van der Waals surface area (Å²) in [4.78, 5) is 14.9. The van der Waals surface area contributed by atoms with E-state index in [1.54, 1.807) is 0 Å². The van der Waals surface area contributed by atoms with Gasteiger partial charge < -0.3 is 9.47 Å². The summed E-state index contributed by atoms with van der Waals surface area (Å²) in [5, 5.41) is 9.61. The average molecular weight is 439 g/mol. The lowest BCUT2D eigenvalue weighted by molar-refractivity contribution is -0.130. The molecule has 29 heavy (non-hydrogen) atoms. The number of hydrogen-bond acceptors (Lipinski definition) is 6. The minimum absolute atomic E-state index is 0.0203. The number of amides is 1. The Morgan fingerprint density at radius 1 is 1.14 bits per heavy atom. The predicted octanol–water partition coefficient (Wildman–Crippen LogP) is 2.78. The van der Waals surface area contributed by atoms with Crippen LogP contribution >= 0.6 is 11.8 Å². The van der Waals surface area contributed by atoms with Crippen LogP contribution in [0.25, 0.3) is 0 Å². The van der Waals surface area contributed by atoms with Gasteiger partial charge >= 0.3 is 0 Å². The molecule has 0 bridgehead atoms. The van der Waals surface area contributed by atoms with E-state index in [2.05, 4.69) is 21.3 Å². The molecule has 1 aromatic rings. The van der Waals surface area contributed by atoms with E-state index >= 15 is 0 Å². The Kier molecular flexibility index (Phi) is 6.34. The summed E-state index contributed by atoms with van der Waals surface area (Å²) in [7, 11) is -3.01. The van der Waals surface area contributed by atoms with Crippen LogP contribution in [0.15, 0.2) is 17.8 Å². The van der Waals surface area contributed by atoms with Gasteiger partial charge in [0.1, 0.15) is 5.82 Å². The Morgan fingerprint density at radius 3 is 2.52 bits per heavy atom. The molecule has 1 amide bonds. The Morgan fingerprint density at radius 2 is 1.90 bits per heavy atom. The Balaban J connectivity index is 1.44. The van der Waals surface area contributed by atoms with Crippen LogP contribution in [0.1, 0.15) is 63.1 Å². The fourth-order valence-corrected chi connectivity index (χ4v) is 7.16. The third-order valence-electron chi connectivity index (χ3n) is 6.18. The van der Waals surface area contributed by atoms with Crippen LogP contribution in [0.2, 0.25) is 0 Å². The van der Waals surface area contributed by atoms with Crippen molar-refractivity contribution in [1.82, 2.24) is 19.7 Å². The summed E-state index contributed by atoms with van der Waals surface area (Å²) in [6.45, 7) is 4.51. The normalized spacial score (nSPS) is 24.5. The maximum atomic E-state index is 13.0. The minimum atomic E-state index is -3.01. The van der Waals surface area contributed by atoms with E-state index in [-0.39, 0.29) is 35.2 Å². The number of carbonyl (C=O) groups is 1. The van der Waals surface area contributed by atoms with Crippen molar-refractivity contribution in [2.75, 3.05) is 17.3 Å². The van der Waals surface area contributed by atoms with Crippen molar-refractivity contribution < 1.29 is 13.2 Å². The fourth-order valence-electron chi connectivity index (χ4n) is 4.62. The molecule has 1 saturated heterocycles. The molecule has 1 aliphatic heterocycles. The second-order valence-electron chi connectivity index (χ2n) is 8.45. The second kappa shape index (κ2) is 8.79. The maximum Gasteiger partial charge on any atom is 0.233 e. The molecule has 0 radical (unpaired) electrons. The lowest BCUT2D eigenvalue weighted by atomic mass is 9.89. The van der Waals surface area contributed by atoms with Crippen molar-refractivity contribution in [3.8, 4) is 0 Å². The number of sulfone groups is 1. The van der Waals surface area contributed by atoms with Crippen LogP contribution in [-0.2, 0) is 21.2 Å². The molecule has 0 spiro atoms. The number of thioether (sulfide) groups is 1. The molecule has 160 valence electrons. The summed E-state index contributed by atoms with van der Waals surface area (Å²) < 4.78 is 25.9. The summed E-state index contributed by atoms with van der Waals surface area (Å²) in [5.41, 5.74) is 0. The van der Waals surface area contributed by atoms with Gasteiger partial charge in [0, 0.05) is 24.5 Å². The van der Waals surface area contributed by atoms with E-state index in [1.165, 1.54) is 31.0 Å². The van der Waals surface area contributed by atoms with Crippen LogP contribution in [0.3, 0.4) is 0 Å². The maximum absolute atomic E-state index is 13.0. The molecule has 2 heterocycles. The van der Waals surface area contributed by atoms with Gasteiger partial charge in [0.2, 0.25) is 5.91 Å². The third kappa shape index (κ3) is 4.87. The monoisotopic (exact) mass is 438 g/mol. The van der Waals surface area contributed by atoms with E-state index in [4.69, 9.17) is 0 Å². The number of aromatic nitrogens is 3. The first-order valence-electron chi connectivity index (χ1n) is 10.7. The second-order valence-corrected chi connectivity index (χ2v) is 11.6. The van der Waals surface area contributed by atoms with E-state index in [1.807, 2.05) is 11.0 Å². The molecule has 2 aliphatic carbocycles. The third-order valence-corrected chi connectivity index (χ3v) is 8.88. The first kappa shape index (κ1) is 20.9. The van der Waals surface area contributed by atoms with Crippen molar-refractivity contribution in [3.05, 3.63) is 18.5 Å². The summed E-state index contributed by atoms with van der Waals surface area (Å²) >= 11 is 1.41. The molecule has 9 heteroatoms. The molecular weight excluding hydrogens is 408 g/mol. The Bertz CT molecular complexity index is 857. The van der Waals surface area contributed by atoms with Gasteiger partial charge in [-0.15, -0.1) is 16.8 Å². The van der Waals surface area contributed by atoms with Gasteiger partial charge in [-0.2, -0.15) is 0 Å². The highest BCUT2D eigenvalue weighted by atomic mass is 32.2. The van der Waals surface area contributed by atoms with Crippen LogP contribution in [0, 0.1) is 0 Å². The highest BCUT2D eigenvalue weighted by Gasteiger charge is 2.42. The molecule has 0 aromatic carbocycles. The zero-order valence-corrected chi connectivity index (χ0v) is 18.5. The van der Waals surface area contributed by atoms with Gasteiger partial charge in [-0.3, -0.25) is 4.79 Å². The van der Waals surface area contributed by atoms with Crippen molar-refractivity contribution >= 4 is 27.5 Å². The first-order chi connectivity index (χ1) is 14.0. The molecule has 3 aliphatic rings. The van der Waals surface area contributed by atoms with Crippen LogP contribution < -0.4 is 0 Å². The lowest BCUT2D eigenvalue weighted by Crippen LogP contribution is -2.43. The highest BCUT2D eigenvalue weighted by Crippen LogP contribution is 2.35. The smallest absolute Gasteiger partial charge is 0.233 e. The van der Waals surface area contributed by atoms with Crippen molar-refractivity contribution in [3.63, 3.8) is 0 Å². The van der Waals surface area contributed by atoms with Crippen molar-refractivity contribution in [2.24, 2.45) is 0 Å². The van der Waals surface area contributed by atoms with E-state index in [0.29, 0.717) is 18.9 Å². The van der Waals surface area contributed by atoms with Gasteiger partial charge in [-0.25, -0.2) is 8.42 Å². The zero-order chi connectivity index (χ0) is 20.4. The zero-order valence-electron chi connectivity index (χ0n) is 16.8. The number of allylic oxidation sites excluding steroid dienone is 1. The average Bonchev–Trinajstić information content (AvgIpc) is 3.35. The standard InChI is InChI=1S/C20H30N4O3S2/c1-2-11-23-19(15-6-4-3-5-7-15)21-22-20(23)28-13-18(25)24(16-8-9-16)17-10-12-29(26,27)14-17/h2,15-17H,1,3-14H2.